The summed E-state index contributed by atoms with van der Waals surface area (Å²) in [6, 6.07) is 0. The average Bonchev–Trinajstić information content (AvgIpc) is 2.50. The van der Waals surface area contributed by atoms with Gasteiger partial charge in [0.15, 0.2) is 0 Å². The highest BCUT2D eigenvalue weighted by Gasteiger charge is 2.07. The Morgan fingerprint density at radius 1 is 1.50 bits per heavy atom. The van der Waals surface area contributed by atoms with Crippen molar-refractivity contribution in [1.82, 2.24) is 10.2 Å². The quantitative estimate of drug-likeness (QED) is 0.699. The smallest absolute Gasteiger partial charge is 0.276 e. The van der Waals surface area contributed by atoms with Gasteiger partial charge in [-0.25, -0.2) is 8.42 Å². The third-order valence-electron chi connectivity index (χ3n) is 1.30. The topological polar surface area (TPSA) is 99.1 Å². The Kier molecular flexibility index (Phi) is 3.90. The SMILES string of the molecule is CS(=O)(=O)CCSc1nnc(CN)o1. The lowest BCUT2D eigenvalue weighted by Gasteiger charge is -1.94. The summed E-state index contributed by atoms with van der Waals surface area (Å²) in [4.78, 5) is 0. The van der Waals surface area contributed by atoms with E-state index in [4.69, 9.17) is 10.2 Å². The average molecular weight is 237 g/mol. The normalized spacial score (nSPS) is 11.9. The van der Waals surface area contributed by atoms with Gasteiger partial charge in [-0.05, 0) is 0 Å². The van der Waals surface area contributed by atoms with Gasteiger partial charge >= 0.3 is 0 Å². The third kappa shape index (κ3) is 4.07. The molecule has 0 atom stereocenters. The van der Waals surface area contributed by atoms with Crippen LogP contribution in [-0.4, -0.2) is 36.4 Å². The number of sulfone groups is 1. The van der Waals surface area contributed by atoms with Gasteiger partial charge in [-0.3, -0.25) is 0 Å². The number of nitrogens with two attached hydrogens (primary N) is 1. The highest BCUT2D eigenvalue weighted by Crippen LogP contribution is 2.15. The molecule has 1 aromatic rings. The molecule has 0 fully saturated rings. The van der Waals surface area contributed by atoms with E-state index in [9.17, 15) is 8.42 Å². The number of rotatable bonds is 5. The molecule has 0 aliphatic carbocycles. The van der Waals surface area contributed by atoms with Crippen molar-refractivity contribution in [3.8, 4) is 0 Å². The molecule has 0 radical (unpaired) electrons. The van der Waals surface area contributed by atoms with Crippen molar-refractivity contribution in [3.05, 3.63) is 5.89 Å². The molecular weight excluding hydrogens is 226 g/mol. The minimum Gasteiger partial charge on any atom is -0.415 e. The molecule has 1 heterocycles. The zero-order chi connectivity index (χ0) is 10.6. The van der Waals surface area contributed by atoms with Crippen LogP contribution in [0.4, 0.5) is 0 Å². The molecule has 0 aliphatic rings. The Labute approximate surface area is 86.2 Å². The third-order valence-corrected chi connectivity index (χ3v) is 3.33. The maximum Gasteiger partial charge on any atom is 0.276 e. The van der Waals surface area contributed by atoms with Crippen LogP contribution in [-0.2, 0) is 16.4 Å². The number of thioether (sulfide) groups is 1. The van der Waals surface area contributed by atoms with E-state index in [1.165, 1.54) is 18.0 Å². The molecule has 0 saturated heterocycles. The fourth-order valence-electron chi connectivity index (χ4n) is 0.659. The summed E-state index contributed by atoms with van der Waals surface area (Å²) < 4.78 is 26.6. The summed E-state index contributed by atoms with van der Waals surface area (Å²) in [6.45, 7) is 0.194. The summed E-state index contributed by atoms with van der Waals surface area (Å²) in [6.07, 6.45) is 1.19. The lowest BCUT2D eigenvalue weighted by Crippen LogP contribution is -2.04. The summed E-state index contributed by atoms with van der Waals surface area (Å²) in [5.74, 6) is 0.857. The number of nitrogens with zero attached hydrogens (tertiary/aromatic N) is 2. The van der Waals surface area contributed by atoms with Crippen molar-refractivity contribution in [1.29, 1.82) is 0 Å². The molecule has 0 aromatic carbocycles. The number of aromatic nitrogens is 2. The van der Waals surface area contributed by atoms with Gasteiger partial charge in [-0.15, -0.1) is 10.2 Å². The van der Waals surface area contributed by atoms with Crippen LogP contribution >= 0.6 is 11.8 Å². The van der Waals surface area contributed by atoms with Crippen molar-refractivity contribution in [2.75, 3.05) is 17.8 Å². The molecule has 0 bridgehead atoms. The van der Waals surface area contributed by atoms with E-state index in [0.717, 1.165) is 0 Å². The molecule has 0 saturated carbocycles. The van der Waals surface area contributed by atoms with Crippen LogP contribution < -0.4 is 5.73 Å². The molecule has 0 aliphatic heterocycles. The van der Waals surface area contributed by atoms with E-state index in [1.54, 1.807) is 0 Å². The standard InChI is InChI=1S/C6H11N3O3S2/c1-14(10,11)3-2-13-6-9-8-5(4-7)12-6/h2-4,7H2,1H3. The van der Waals surface area contributed by atoms with Crippen LogP contribution in [0.15, 0.2) is 9.64 Å². The van der Waals surface area contributed by atoms with Crippen LogP contribution in [0.5, 0.6) is 0 Å². The lowest BCUT2D eigenvalue weighted by atomic mass is 10.7. The van der Waals surface area contributed by atoms with Crippen molar-refractivity contribution in [3.63, 3.8) is 0 Å². The fourth-order valence-corrected chi connectivity index (χ4v) is 2.63. The molecule has 1 rings (SSSR count). The Hall–Kier alpha value is -0.600. The second-order valence-electron chi connectivity index (χ2n) is 2.64. The van der Waals surface area contributed by atoms with Crippen LogP contribution in [0.25, 0.3) is 0 Å². The van der Waals surface area contributed by atoms with Crippen molar-refractivity contribution < 1.29 is 12.8 Å². The van der Waals surface area contributed by atoms with Crippen LogP contribution in [0.1, 0.15) is 5.89 Å². The Bertz CT molecular complexity index is 387. The second kappa shape index (κ2) is 4.76. The predicted molar refractivity (Wildman–Crippen MR) is 52.6 cm³/mol. The van der Waals surface area contributed by atoms with E-state index < -0.39 is 9.84 Å². The van der Waals surface area contributed by atoms with Gasteiger partial charge in [-0.2, -0.15) is 0 Å². The van der Waals surface area contributed by atoms with Crippen LogP contribution in [0.3, 0.4) is 0 Å². The van der Waals surface area contributed by atoms with E-state index in [0.29, 0.717) is 16.9 Å². The van der Waals surface area contributed by atoms with Gasteiger partial charge in [-0.1, -0.05) is 11.8 Å². The molecule has 8 heteroatoms. The van der Waals surface area contributed by atoms with Gasteiger partial charge in [0, 0.05) is 12.0 Å². The molecule has 1 aromatic heterocycles. The van der Waals surface area contributed by atoms with Crippen LogP contribution in [0.2, 0.25) is 0 Å². The summed E-state index contributed by atoms with van der Waals surface area (Å²) in [5, 5.41) is 7.67. The Morgan fingerprint density at radius 2 is 2.21 bits per heavy atom. The zero-order valence-corrected chi connectivity index (χ0v) is 9.27. The molecule has 14 heavy (non-hydrogen) atoms. The van der Waals surface area contributed by atoms with Gasteiger partial charge < -0.3 is 10.2 Å². The minimum atomic E-state index is -2.93. The van der Waals surface area contributed by atoms with Crippen molar-refractivity contribution in [2.45, 2.75) is 11.8 Å². The van der Waals surface area contributed by atoms with E-state index in [-0.39, 0.29) is 12.3 Å². The summed E-state index contributed by atoms with van der Waals surface area (Å²) >= 11 is 1.21. The highest BCUT2D eigenvalue weighted by molar-refractivity contribution is 8.00. The summed E-state index contributed by atoms with van der Waals surface area (Å²) in [7, 11) is -2.93. The maximum atomic E-state index is 10.8. The first-order valence-electron chi connectivity index (χ1n) is 3.84. The van der Waals surface area contributed by atoms with Crippen molar-refractivity contribution in [2.24, 2.45) is 5.73 Å². The summed E-state index contributed by atoms with van der Waals surface area (Å²) in [5.41, 5.74) is 5.26. The van der Waals surface area contributed by atoms with E-state index in [2.05, 4.69) is 10.2 Å². The zero-order valence-electron chi connectivity index (χ0n) is 7.63. The molecule has 2 N–H and O–H groups in total. The van der Waals surface area contributed by atoms with Gasteiger partial charge in [0.2, 0.25) is 5.89 Å². The molecule has 0 spiro atoms. The first kappa shape index (κ1) is 11.5. The Morgan fingerprint density at radius 3 is 2.71 bits per heavy atom. The Balaban J connectivity index is 2.39. The van der Waals surface area contributed by atoms with E-state index >= 15 is 0 Å². The largest absolute Gasteiger partial charge is 0.415 e. The molecule has 0 amide bonds. The van der Waals surface area contributed by atoms with Gasteiger partial charge in [0.05, 0.1) is 12.3 Å². The van der Waals surface area contributed by atoms with Gasteiger partial charge in [0.25, 0.3) is 5.22 Å². The minimum absolute atomic E-state index is 0.0952. The monoisotopic (exact) mass is 237 g/mol. The molecular formula is C6H11N3O3S2. The highest BCUT2D eigenvalue weighted by atomic mass is 32.2. The van der Waals surface area contributed by atoms with Gasteiger partial charge in [0.1, 0.15) is 9.84 Å². The second-order valence-corrected chi connectivity index (χ2v) is 5.95. The molecule has 6 nitrogen and oxygen atoms in total. The first-order valence-corrected chi connectivity index (χ1v) is 6.89. The molecule has 80 valence electrons. The number of hydrogen-bond donors (Lipinski definition) is 1. The fraction of sp³-hybridized carbons (Fsp3) is 0.667. The van der Waals surface area contributed by atoms with Crippen LogP contribution in [0, 0.1) is 0 Å². The first-order chi connectivity index (χ1) is 6.51. The predicted octanol–water partition coefficient (Wildman–Crippen LogP) is -0.335. The van der Waals surface area contributed by atoms with Crippen molar-refractivity contribution >= 4 is 21.6 Å². The maximum absolute atomic E-state index is 10.8. The lowest BCUT2D eigenvalue weighted by molar-refractivity contribution is 0.415. The van der Waals surface area contributed by atoms with E-state index in [1.807, 2.05) is 0 Å². The molecule has 0 unspecified atom stereocenters. The number of hydrogen-bond acceptors (Lipinski definition) is 7.